The first-order valence-corrected chi connectivity index (χ1v) is 8.92. The van der Waals surface area contributed by atoms with E-state index in [2.05, 4.69) is 4.90 Å². The molecule has 0 unspecified atom stereocenters. The van der Waals surface area contributed by atoms with E-state index in [-0.39, 0.29) is 17.6 Å². The predicted octanol–water partition coefficient (Wildman–Crippen LogP) is 1.72. The van der Waals surface area contributed by atoms with Gasteiger partial charge in [0.2, 0.25) is 5.43 Å². The molecule has 0 saturated carbocycles. The van der Waals surface area contributed by atoms with Crippen LogP contribution in [0.15, 0.2) is 17.1 Å². The van der Waals surface area contributed by atoms with Gasteiger partial charge in [0.05, 0.1) is 16.4 Å². The predicted molar refractivity (Wildman–Crippen MR) is 99.7 cm³/mol. The highest BCUT2D eigenvalue weighted by atomic mass is 19.1. The Balaban J connectivity index is 2.04. The van der Waals surface area contributed by atoms with E-state index >= 15 is 4.39 Å². The van der Waals surface area contributed by atoms with Crippen LogP contribution in [0.2, 0.25) is 0 Å². The number of piperazine rings is 1. The highest BCUT2D eigenvalue weighted by molar-refractivity contribution is 5.97. The number of aromatic carboxylic acids is 1. The summed E-state index contributed by atoms with van der Waals surface area (Å²) in [6.07, 6.45) is 1.35. The molecular weight excluding hydrogens is 353 g/mol. The highest BCUT2D eigenvalue weighted by Crippen LogP contribution is 2.43. The third-order valence-corrected chi connectivity index (χ3v) is 5.44. The fourth-order valence-electron chi connectivity index (χ4n) is 3.83. The van der Waals surface area contributed by atoms with Crippen LogP contribution in [0, 0.1) is 5.82 Å². The Bertz CT molecular complexity index is 1010. The van der Waals surface area contributed by atoms with Crippen molar-refractivity contribution < 1.29 is 19.0 Å². The summed E-state index contributed by atoms with van der Waals surface area (Å²) >= 11 is 0. The summed E-state index contributed by atoms with van der Waals surface area (Å²) < 4.78 is 22.8. The van der Waals surface area contributed by atoms with Crippen LogP contribution in [0.25, 0.3) is 10.9 Å². The van der Waals surface area contributed by atoms with Gasteiger partial charge in [-0.15, -0.1) is 0 Å². The van der Waals surface area contributed by atoms with Gasteiger partial charge in [-0.05, 0) is 27.0 Å². The van der Waals surface area contributed by atoms with E-state index < -0.39 is 22.8 Å². The highest BCUT2D eigenvalue weighted by Gasteiger charge is 2.35. The third-order valence-electron chi connectivity index (χ3n) is 5.44. The summed E-state index contributed by atoms with van der Waals surface area (Å²) in [5.41, 5.74) is -0.824. The zero-order valence-electron chi connectivity index (χ0n) is 15.6. The molecule has 7 nitrogen and oxygen atoms in total. The van der Waals surface area contributed by atoms with Crippen LogP contribution < -0.4 is 15.1 Å². The van der Waals surface area contributed by atoms with Crippen molar-refractivity contribution in [1.29, 1.82) is 0 Å². The van der Waals surface area contributed by atoms with Crippen molar-refractivity contribution in [1.82, 2.24) is 9.47 Å². The number of nitrogens with zero attached hydrogens (tertiary/aromatic N) is 3. The molecule has 1 aromatic heterocycles. The van der Waals surface area contributed by atoms with Gasteiger partial charge in [0.1, 0.15) is 17.9 Å². The van der Waals surface area contributed by atoms with Crippen molar-refractivity contribution in [3.63, 3.8) is 0 Å². The standard InChI is InChI=1S/C19H22FN3O4/c1-19(2)10-27-17-14-11(16(24)12(18(25)26)9-23(14)19)8-13(20)15(17)22-6-4-21(3)5-7-22/h8-9H,4-7,10H2,1-3H3,(H,25,26). The maximum atomic E-state index is 15.1. The SMILES string of the molecule is CN1CCN(c2c(F)cc3c(=O)c(C(=O)O)cn4c3c2OCC4(C)C)CC1. The van der Waals surface area contributed by atoms with Crippen molar-refractivity contribution >= 4 is 22.6 Å². The van der Waals surface area contributed by atoms with Gasteiger partial charge in [0.25, 0.3) is 0 Å². The van der Waals surface area contributed by atoms with E-state index in [1.807, 2.05) is 25.8 Å². The summed E-state index contributed by atoms with van der Waals surface area (Å²) in [6.45, 7) is 6.93. The first-order chi connectivity index (χ1) is 12.7. The second kappa shape index (κ2) is 5.95. The lowest BCUT2D eigenvalue weighted by Gasteiger charge is -2.39. The van der Waals surface area contributed by atoms with Gasteiger partial charge in [-0.3, -0.25) is 4.79 Å². The summed E-state index contributed by atoms with van der Waals surface area (Å²) in [7, 11) is 2.02. The minimum Gasteiger partial charge on any atom is -0.487 e. The minimum atomic E-state index is -1.32. The van der Waals surface area contributed by atoms with Crippen molar-refractivity contribution in [3.8, 4) is 5.75 Å². The van der Waals surface area contributed by atoms with E-state index in [1.165, 1.54) is 6.20 Å². The fourth-order valence-corrected chi connectivity index (χ4v) is 3.83. The number of hydrogen-bond donors (Lipinski definition) is 1. The molecular formula is C19H22FN3O4. The van der Waals surface area contributed by atoms with E-state index in [0.29, 0.717) is 30.0 Å². The van der Waals surface area contributed by atoms with E-state index in [9.17, 15) is 14.7 Å². The van der Waals surface area contributed by atoms with Crippen molar-refractivity contribution in [3.05, 3.63) is 33.9 Å². The first-order valence-electron chi connectivity index (χ1n) is 8.92. The van der Waals surface area contributed by atoms with E-state index in [0.717, 1.165) is 19.2 Å². The zero-order valence-corrected chi connectivity index (χ0v) is 15.6. The van der Waals surface area contributed by atoms with Crippen LogP contribution in [0.5, 0.6) is 5.75 Å². The normalized spacial score (nSPS) is 19.2. The molecule has 0 spiro atoms. The molecule has 1 N–H and O–H groups in total. The number of carboxylic acid groups (broad SMARTS) is 1. The molecule has 8 heteroatoms. The number of ether oxygens (including phenoxy) is 1. The van der Waals surface area contributed by atoms with Crippen LogP contribution in [0.3, 0.4) is 0 Å². The molecule has 3 heterocycles. The molecule has 0 amide bonds. The summed E-state index contributed by atoms with van der Waals surface area (Å²) in [5, 5.41) is 9.44. The lowest BCUT2D eigenvalue weighted by Crippen LogP contribution is -2.45. The quantitative estimate of drug-likeness (QED) is 0.862. The molecule has 0 radical (unpaired) electrons. The number of carboxylic acids is 1. The maximum Gasteiger partial charge on any atom is 0.341 e. The molecule has 144 valence electrons. The van der Waals surface area contributed by atoms with Gasteiger partial charge >= 0.3 is 5.97 Å². The lowest BCUT2D eigenvalue weighted by atomic mass is 9.99. The van der Waals surface area contributed by atoms with Gasteiger partial charge in [0, 0.05) is 32.4 Å². The molecule has 2 aromatic rings. The zero-order chi connectivity index (χ0) is 19.5. The van der Waals surface area contributed by atoms with Crippen LogP contribution in [0.4, 0.5) is 10.1 Å². The summed E-state index contributed by atoms with van der Waals surface area (Å²) in [6, 6.07) is 1.16. The van der Waals surface area contributed by atoms with E-state index in [1.54, 1.807) is 4.57 Å². The molecule has 1 aromatic carbocycles. The van der Waals surface area contributed by atoms with Gasteiger partial charge in [-0.25, -0.2) is 9.18 Å². The van der Waals surface area contributed by atoms with Gasteiger partial charge in [-0.1, -0.05) is 0 Å². The average Bonchev–Trinajstić information content (AvgIpc) is 2.60. The average molecular weight is 375 g/mol. The number of aromatic nitrogens is 1. The molecule has 0 atom stereocenters. The lowest BCUT2D eigenvalue weighted by molar-refractivity contribution is 0.0693. The largest absolute Gasteiger partial charge is 0.487 e. The van der Waals surface area contributed by atoms with Crippen molar-refractivity contribution in [2.45, 2.75) is 19.4 Å². The number of halogens is 1. The number of benzene rings is 1. The molecule has 2 aliphatic rings. The van der Waals surface area contributed by atoms with Crippen molar-refractivity contribution in [2.75, 3.05) is 44.7 Å². The molecule has 0 bridgehead atoms. The van der Waals surface area contributed by atoms with Crippen LogP contribution in [0.1, 0.15) is 24.2 Å². The molecule has 2 aliphatic heterocycles. The Labute approximate surface area is 155 Å². The molecule has 1 saturated heterocycles. The van der Waals surface area contributed by atoms with Gasteiger partial charge in [-0.2, -0.15) is 0 Å². The topological polar surface area (TPSA) is 75.0 Å². The number of anilines is 1. The number of rotatable bonds is 2. The third kappa shape index (κ3) is 2.66. The second-order valence-electron chi connectivity index (χ2n) is 7.87. The number of carbonyl (C=O) groups is 1. The molecule has 0 aliphatic carbocycles. The van der Waals surface area contributed by atoms with Crippen LogP contribution in [-0.2, 0) is 5.54 Å². The summed E-state index contributed by atoms with van der Waals surface area (Å²) in [5.74, 6) is -1.56. The van der Waals surface area contributed by atoms with Crippen LogP contribution >= 0.6 is 0 Å². The van der Waals surface area contributed by atoms with Gasteiger partial charge in [0.15, 0.2) is 11.6 Å². The Morgan fingerprint density at radius 2 is 1.93 bits per heavy atom. The Morgan fingerprint density at radius 1 is 1.26 bits per heavy atom. The van der Waals surface area contributed by atoms with Gasteiger partial charge < -0.3 is 24.2 Å². The summed E-state index contributed by atoms with van der Waals surface area (Å²) in [4.78, 5) is 28.3. The molecule has 4 rings (SSSR count). The minimum absolute atomic E-state index is 0.0352. The Kier molecular flexibility index (Phi) is 3.92. The number of pyridine rings is 1. The second-order valence-corrected chi connectivity index (χ2v) is 7.87. The fraction of sp³-hybridized carbons (Fsp3) is 0.474. The maximum absolute atomic E-state index is 15.1. The van der Waals surface area contributed by atoms with Crippen molar-refractivity contribution in [2.24, 2.45) is 0 Å². The monoisotopic (exact) mass is 375 g/mol. The molecule has 27 heavy (non-hydrogen) atoms. The number of hydrogen-bond acceptors (Lipinski definition) is 5. The van der Waals surface area contributed by atoms with Crippen LogP contribution in [-0.4, -0.2) is 60.4 Å². The first kappa shape index (κ1) is 17.8. The smallest absolute Gasteiger partial charge is 0.341 e. The Hall–Kier alpha value is -2.61. The van der Waals surface area contributed by atoms with E-state index in [4.69, 9.17) is 4.74 Å². The Morgan fingerprint density at radius 3 is 2.56 bits per heavy atom. The number of likely N-dealkylation sites (N-methyl/N-ethyl adjacent to an activating group) is 1. The molecule has 1 fully saturated rings.